The predicted octanol–water partition coefficient (Wildman–Crippen LogP) is -1.77. The number of nitrogens with one attached hydrogen (secondary N) is 1. The fourth-order valence-electron chi connectivity index (χ4n) is 5.01. The Bertz CT molecular complexity index is 2230. The molecule has 11 nitrogen and oxygen atoms in total. The molecule has 0 spiro atoms. The van der Waals surface area contributed by atoms with Gasteiger partial charge in [-0.05, 0) is 30.6 Å². The Labute approximate surface area is 263 Å². The number of hydrogen-bond acceptors (Lipinski definition) is 7. The SMILES string of the molecule is B/C(C#C)=C(B)/C(B)=C(/B)Cn1c([C@@H](C)NC(=O)c2c(N)nn3cccnc23)nc2cccc(C#Cc3cnn(C)c3)c2c1=O. The zero-order valence-electron chi connectivity index (χ0n) is 26.0. The molecule has 0 aliphatic heterocycles. The number of amides is 1. The molecule has 45 heavy (non-hydrogen) atoms. The van der Waals surface area contributed by atoms with Crippen LogP contribution in [-0.4, -0.2) is 71.2 Å². The van der Waals surface area contributed by atoms with Crippen molar-refractivity contribution in [3.63, 3.8) is 0 Å². The molecule has 0 aliphatic carbocycles. The zero-order valence-corrected chi connectivity index (χ0v) is 26.0. The van der Waals surface area contributed by atoms with E-state index in [-0.39, 0.29) is 23.5 Å². The van der Waals surface area contributed by atoms with Crippen molar-refractivity contribution >= 4 is 59.7 Å². The molecule has 0 bridgehead atoms. The first kappa shape index (κ1) is 30.8. The number of nitrogens with zero attached hydrogens (tertiary/aromatic N) is 7. The lowest BCUT2D eigenvalue weighted by molar-refractivity contribution is 0.0939. The molecule has 15 heteroatoms. The van der Waals surface area contributed by atoms with Gasteiger partial charge in [0.25, 0.3) is 11.5 Å². The number of aromatic nitrogens is 7. The van der Waals surface area contributed by atoms with Crippen molar-refractivity contribution in [2.24, 2.45) is 7.05 Å². The lowest BCUT2D eigenvalue weighted by Gasteiger charge is -2.21. The molecule has 5 aromatic rings. The van der Waals surface area contributed by atoms with Crippen LogP contribution >= 0.6 is 0 Å². The van der Waals surface area contributed by atoms with E-state index in [1.54, 1.807) is 65.2 Å². The van der Waals surface area contributed by atoms with E-state index in [1.165, 1.54) is 4.52 Å². The van der Waals surface area contributed by atoms with E-state index in [2.05, 4.69) is 38.3 Å². The van der Waals surface area contributed by atoms with Crippen molar-refractivity contribution in [3.8, 4) is 24.2 Å². The number of benzene rings is 1. The molecule has 0 unspecified atom stereocenters. The summed E-state index contributed by atoms with van der Waals surface area (Å²) in [6, 6.07) is 6.35. The van der Waals surface area contributed by atoms with Gasteiger partial charge in [-0.3, -0.25) is 18.8 Å². The number of fused-ring (bicyclic) bond motifs is 2. The molecular weight excluding hydrogens is 562 g/mol. The highest BCUT2D eigenvalue weighted by atomic mass is 16.2. The van der Waals surface area contributed by atoms with Crippen LogP contribution in [-0.2, 0) is 13.6 Å². The van der Waals surface area contributed by atoms with Gasteiger partial charge in [0.2, 0.25) is 0 Å². The molecule has 1 atom stereocenters. The molecule has 0 radical (unpaired) electrons. The number of carbonyl (C=O) groups excluding carboxylic acids is 1. The van der Waals surface area contributed by atoms with Gasteiger partial charge >= 0.3 is 0 Å². The topological polar surface area (TPSA) is 138 Å². The molecule has 1 aromatic carbocycles. The number of anilines is 1. The molecule has 0 saturated heterocycles. The third kappa shape index (κ3) is 6.06. The van der Waals surface area contributed by atoms with Gasteiger partial charge in [-0.2, -0.15) is 5.10 Å². The molecule has 218 valence electrons. The number of nitrogens with two attached hydrogens (primary N) is 1. The van der Waals surface area contributed by atoms with E-state index >= 15 is 0 Å². The first-order valence-corrected chi connectivity index (χ1v) is 14.2. The van der Waals surface area contributed by atoms with Crippen LogP contribution in [0.15, 0.2) is 75.7 Å². The lowest BCUT2D eigenvalue weighted by Crippen LogP contribution is -2.35. The smallest absolute Gasteiger partial charge is 0.262 e. The first-order chi connectivity index (χ1) is 21.5. The van der Waals surface area contributed by atoms with Crippen molar-refractivity contribution in [2.75, 3.05) is 5.73 Å². The van der Waals surface area contributed by atoms with Gasteiger partial charge in [-0.25, -0.2) is 14.5 Å². The van der Waals surface area contributed by atoms with Gasteiger partial charge in [0.05, 0.1) is 28.7 Å². The van der Waals surface area contributed by atoms with E-state index < -0.39 is 11.9 Å². The van der Waals surface area contributed by atoms with Crippen molar-refractivity contribution in [3.05, 3.63) is 104 Å². The average molecular weight is 591 g/mol. The molecular formula is C30H29B4N9O2. The van der Waals surface area contributed by atoms with Gasteiger partial charge in [0.15, 0.2) is 11.5 Å². The molecule has 5 rings (SSSR count). The number of aryl methyl sites for hydroxylation is 1. The maximum absolute atomic E-state index is 14.4. The van der Waals surface area contributed by atoms with Crippen LogP contribution in [0.2, 0.25) is 0 Å². The normalized spacial score (nSPS) is 12.9. The van der Waals surface area contributed by atoms with Gasteiger partial charge in [-0.15, -0.1) is 17.0 Å². The number of carbonyl (C=O) groups is 1. The van der Waals surface area contributed by atoms with Crippen LogP contribution in [0, 0.1) is 24.2 Å². The van der Waals surface area contributed by atoms with Crippen LogP contribution in [0.4, 0.5) is 5.82 Å². The summed E-state index contributed by atoms with van der Waals surface area (Å²) in [4.78, 5) is 37.1. The maximum Gasteiger partial charge on any atom is 0.262 e. The quantitative estimate of drug-likeness (QED) is 0.136. The van der Waals surface area contributed by atoms with E-state index in [9.17, 15) is 9.59 Å². The third-order valence-electron chi connectivity index (χ3n) is 7.82. The zero-order chi connectivity index (χ0) is 32.4. The first-order valence-electron chi connectivity index (χ1n) is 14.2. The fraction of sp³-hybridized carbons (Fsp3) is 0.133. The number of nitrogen functional groups attached to an aromatic ring is 1. The van der Waals surface area contributed by atoms with E-state index in [0.29, 0.717) is 27.9 Å². The van der Waals surface area contributed by atoms with E-state index in [0.717, 1.165) is 27.5 Å². The molecule has 0 saturated carbocycles. The standard InChI is InChI=1S/C30H29B4N9O2/c1-4-19(31)24(33)25(34)20(32)15-42-27(16(2)38-29(44)23-26(35)40-43-12-6-11-36-28(23)43)39-21-8-5-7-18(22(21)30(42)45)10-9-17-13-37-41(3)14-17/h1,5-8,11-14,16H,15,31-34H2,2-3H3,(H2,35,40)(H,38,44)/b24-19-,25-20-/t16-/m1/s1. The van der Waals surface area contributed by atoms with E-state index in [1.807, 2.05) is 38.4 Å². The van der Waals surface area contributed by atoms with Crippen molar-refractivity contribution in [2.45, 2.75) is 19.5 Å². The minimum Gasteiger partial charge on any atom is -0.381 e. The summed E-state index contributed by atoms with van der Waals surface area (Å²) >= 11 is 0. The van der Waals surface area contributed by atoms with Crippen LogP contribution in [0.25, 0.3) is 16.6 Å². The summed E-state index contributed by atoms with van der Waals surface area (Å²) in [6.45, 7) is 1.98. The molecule has 0 aliphatic rings. The molecule has 3 N–H and O–H groups in total. The fourth-order valence-corrected chi connectivity index (χ4v) is 5.01. The van der Waals surface area contributed by atoms with Crippen molar-refractivity contribution in [1.82, 2.24) is 39.2 Å². The Hall–Kier alpha value is -5.68. The largest absolute Gasteiger partial charge is 0.381 e. The number of rotatable bonds is 6. The van der Waals surface area contributed by atoms with Crippen LogP contribution in [0.1, 0.15) is 40.3 Å². The van der Waals surface area contributed by atoms with Gasteiger partial charge in [0.1, 0.15) is 42.8 Å². The van der Waals surface area contributed by atoms with Gasteiger partial charge in [0, 0.05) is 37.7 Å². The second kappa shape index (κ2) is 12.5. The summed E-state index contributed by atoms with van der Waals surface area (Å²) < 4.78 is 4.69. The summed E-state index contributed by atoms with van der Waals surface area (Å²) in [7, 11) is 9.58. The molecule has 4 aromatic heterocycles. The van der Waals surface area contributed by atoms with Crippen LogP contribution < -0.4 is 16.6 Å². The summed E-state index contributed by atoms with van der Waals surface area (Å²) in [5.74, 6) is 8.82. The van der Waals surface area contributed by atoms with Crippen LogP contribution in [0.5, 0.6) is 0 Å². The second-order valence-electron chi connectivity index (χ2n) is 10.9. The Morgan fingerprint density at radius 3 is 2.64 bits per heavy atom. The second-order valence-corrected chi connectivity index (χ2v) is 10.9. The van der Waals surface area contributed by atoms with Crippen molar-refractivity contribution in [1.29, 1.82) is 0 Å². The summed E-state index contributed by atoms with van der Waals surface area (Å²) in [5.41, 5.74) is 11.6. The average Bonchev–Trinajstić information content (AvgIpc) is 3.60. The van der Waals surface area contributed by atoms with Crippen LogP contribution in [0.3, 0.4) is 0 Å². The van der Waals surface area contributed by atoms with E-state index in [4.69, 9.17) is 17.1 Å². The number of terminal acetylenes is 1. The summed E-state index contributed by atoms with van der Waals surface area (Å²) in [6.07, 6.45) is 12.3. The monoisotopic (exact) mass is 591 g/mol. The maximum atomic E-state index is 14.4. The minimum atomic E-state index is -0.699. The Balaban J connectivity index is 1.65. The Kier molecular flexibility index (Phi) is 8.55. The van der Waals surface area contributed by atoms with Gasteiger partial charge in [-0.1, -0.05) is 34.8 Å². The van der Waals surface area contributed by atoms with Gasteiger partial charge < -0.3 is 11.1 Å². The highest BCUT2D eigenvalue weighted by Crippen LogP contribution is 2.21. The highest BCUT2D eigenvalue weighted by Gasteiger charge is 2.24. The molecule has 1 amide bonds. The Morgan fingerprint density at radius 1 is 1.16 bits per heavy atom. The molecule has 0 fully saturated rings. The molecule has 4 heterocycles. The highest BCUT2D eigenvalue weighted by molar-refractivity contribution is 6.44. The minimum absolute atomic E-state index is 0.0413. The third-order valence-corrected chi connectivity index (χ3v) is 7.82. The van der Waals surface area contributed by atoms with Crippen molar-refractivity contribution < 1.29 is 4.79 Å². The number of hydrogen-bond donors (Lipinski definition) is 2. The predicted molar refractivity (Wildman–Crippen MR) is 186 cm³/mol. The lowest BCUT2D eigenvalue weighted by atomic mass is 9.66. The number of allylic oxidation sites excluding steroid dienone is 4. The Morgan fingerprint density at radius 2 is 1.93 bits per heavy atom. The summed E-state index contributed by atoms with van der Waals surface area (Å²) in [5, 5.41) is 11.7.